The molecule has 1 aromatic rings. The molecule has 1 rings (SSSR count). The van der Waals surface area contributed by atoms with E-state index in [4.69, 9.17) is 11.5 Å². The molecule has 1 heterocycles. The van der Waals surface area contributed by atoms with Gasteiger partial charge in [0.25, 0.3) is 5.56 Å². The van der Waals surface area contributed by atoms with E-state index >= 15 is 0 Å². The Balaban J connectivity index is 2.79. The summed E-state index contributed by atoms with van der Waals surface area (Å²) in [7, 11) is 0. The molecule has 5 nitrogen and oxygen atoms in total. The van der Waals surface area contributed by atoms with Crippen molar-refractivity contribution in [2.75, 3.05) is 12.3 Å². The maximum atomic E-state index is 10.9. The number of aryl methyl sites for hydroxylation is 1. The van der Waals surface area contributed by atoms with Crippen molar-refractivity contribution in [3.05, 3.63) is 22.1 Å². The van der Waals surface area contributed by atoms with Gasteiger partial charge in [0.15, 0.2) is 0 Å². The zero-order chi connectivity index (χ0) is 8.97. The molecule has 0 aromatic carbocycles. The molecule has 0 aliphatic carbocycles. The average Bonchev–Trinajstić information content (AvgIpc) is 1.99. The van der Waals surface area contributed by atoms with Gasteiger partial charge >= 0.3 is 0 Å². The molecule has 0 aliphatic rings. The van der Waals surface area contributed by atoms with Gasteiger partial charge < -0.3 is 11.5 Å². The molecule has 66 valence electrons. The summed E-state index contributed by atoms with van der Waals surface area (Å²) >= 11 is 0. The highest BCUT2D eigenvalue weighted by atomic mass is 16.1. The SMILES string of the molecule is NCCCc1cc(=O)[nH]c(N)n1. The van der Waals surface area contributed by atoms with Crippen molar-refractivity contribution in [3.63, 3.8) is 0 Å². The Labute approximate surface area is 69.8 Å². The highest BCUT2D eigenvalue weighted by molar-refractivity contribution is 5.17. The van der Waals surface area contributed by atoms with Crippen LogP contribution in [0.4, 0.5) is 5.95 Å². The van der Waals surface area contributed by atoms with Crippen molar-refractivity contribution < 1.29 is 0 Å². The number of anilines is 1. The first-order valence-electron chi connectivity index (χ1n) is 3.78. The van der Waals surface area contributed by atoms with Crippen molar-refractivity contribution in [1.82, 2.24) is 9.97 Å². The van der Waals surface area contributed by atoms with Gasteiger partial charge in [0, 0.05) is 11.8 Å². The second-order valence-electron chi connectivity index (χ2n) is 2.51. The quantitative estimate of drug-likeness (QED) is 0.552. The third kappa shape index (κ3) is 2.35. The molecular weight excluding hydrogens is 156 g/mol. The zero-order valence-corrected chi connectivity index (χ0v) is 6.71. The van der Waals surface area contributed by atoms with Crippen molar-refractivity contribution in [1.29, 1.82) is 0 Å². The lowest BCUT2D eigenvalue weighted by molar-refractivity contribution is 0.805. The molecule has 0 bridgehead atoms. The third-order valence-corrected chi connectivity index (χ3v) is 1.45. The van der Waals surface area contributed by atoms with E-state index in [9.17, 15) is 4.79 Å². The third-order valence-electron chi connectivity index (χ3n) is 1.45. The van der Waals surface area contributed by atoms with Gasteiger partial charge in [-0.25, -0.2) is 4.98 Å². The normalized spacial score (nSPS) is 10.1. The number of nitrogens with two attached hydrogens (primary N) is 2. The molecule has 0 fully saturated rings. The Morgan fingerprint density at radius 1 is 1.58 bits per heavy atom. The summed E-state index contributed by atoms with van der Waals surface area (Å²) in [5.41, 5.74) is 11.1. The van der Waals surface area contributed by atoms with Gasteiger partial charge in [-0.1, -0.05) is 0 Å². The molecule has 0 amide bonds. The van der Waals surface area contributed by atoms with Gasteiger partial charge in [-0.2, -0.15) is 0 Å². The monoisotopic (exact) mass is 168 g/mol. The minimum Gasteiger partial charge on any atom is -0.369 e. The Hall–Kier alpha value is -1.36. The summed E-state index contributed by atoms with van der Waals surface area (Å²) in [4.78, 5) is 17.2. The van der Waals surface area contributed by atoms with E-state index in [1.165, 1.54) is 6.07 Å². The van der Waals surface area contributed by atoms with E-state index in [-0.39, 0.29) is 11.5 Å². The number of hydrogen-bond acceptors (Lipinski definition) is 4. The largest absolute Gasteiger partial charge is 0.369 e. The van der Waals surface area contributed by atoms with E-state index in [1.807, 2.05) is 0 Å². The van der Waals surface area contributed by atoms with E-state index in [2.05, 4.69) is 9.97 Å². The maximum absolute atomic E-state index is 10.9. The molecule has 0 radical (unpaired) electrons. The van der Waals surface area contributed by atoms with Gasteiger partial charge in [-0.05, 0) is 19.4 Å². The molecular formula is C7H12N4O. The van der Waals surface area contributed by atoms with Crippen LogP contribution in [-0.2, 0) is 6.42 Å². The lowest BCUT2D eigenvalue weighted by Crippen LogP contribution is -2.12. The summed E-state index contributed by atoms with van der Waals surface area (Å²) in [6.45, 7) is 0.592. The second-order valence-corrected chi connectivity index (χ2v) is 2.51. The first-order chi connectivity index (χ1) is 5.72. The minimum atomic E-state index is -0.213. The molecule has 5 N–H and O–H groups in total. The lowest BCUT2D eigenvalue weighted by atomic mass is 10.2. The van der Waals surface area contributed by atoms with Crippen molar-refractivity contribution in [3.8, 4) is 0 Å². The van der Waals surface area contributed by atoms with E-state index in [0.717, 1.165) is 6.42 Å². The van der Waals surface area contributed by atoms with Gasteiger partial charge in [-0.15, -0.1) is 0 Å². The van der Waals surface area contributed by atoms with Crippen LogP contribution in [0.5, 0.6) is 0 Å². The molecule has 0 aliphatic heterocycles. The molecule has 12 heavy (non-hydrogen) atoms. The molecule has 1 aromatic heterocycles. The predicted octanol–water partition coefficient (Wildman–Crippen LogP) is -0.757. The van der Waals surface area contributed by atoms with Gasteiger partial charge in [0.2, 0.25) is 5.95 Å². The predicted molar refractivity (Wildman–Crippen MR) is 46.6 cm³/mol. The Kier molecular flexibility index (Phi) is 2.82. The fourth-order valence-corrected chi connectivity index (χ4v) is 0.940. The van der Waals surface area contributed by atoms with Gasteiger partial charge in [0.05, 0.1) is 0 Å². The fraction of sp³-hybridized carbons (Fsp3) is 0.429. The minimum absolute atomic E-state index is 0.162. The molecule has 5 heteroatoms. The standard InChI is InChI=1S/C7H12N4O/c8-3-1-2-5-4-6(12)11-7(9)10-5/h4H,1-3,8H2,(H3,9,10,11,12). The molecule has 0 saturated carbocycles. The summed E-state index contributed by atoms with van der Waals surface area (Å²) < 4.78 is 0. The van der Waals surface area contributed by atoms with Crippen LogP contribution in [0.1, 0.15) is 12.1 Å². The number of H-pyrrole nitrogens is 1. The van der Waals surface area contributed by atoms with Crippen molar-refractivity contribution in [2.45, 2.75) is 12.8 Å². The Bertz CT molecular complexity index is 307. The molecule has 0 atom stereocenters. The number of rotatable bonds is 3. The van der Waals surface area contributed by atoms with Crippen LogP contribution in [-0.4, -0.2) is 16.5 Å². The van der Waals surface area contributed by atoms with Crippen molar-refractivity contribution >= 4 is 5.95 Å². The second kappa shape index (κ2) is 3.87. The number of aromatic amines is 1. The zero-order valence-electron chi connectivity index (χ0n) is 6.71. The van der Waals surface area contributed by atoms with Crippen molar-refractivity contribution in [2.24, 2.45) is 5.73 Å². The van der Waals surface area contributed by atoms with Crippen LogP contribution in [0.15, 0.2) is 10.9 Å². The lowest BCUT2D eigenvalue weighted by Gasteiger charge is -1.98. The average molecular weight is 168 g/mol. The fourth-order valence-electron chi connectivity index (χ4n) is 0.940. The highest BCUT2D eigenvalue weighted by Gasteiger charge is 1.96. The smallest absolute Gasteiger partial charge is 0.252 e. The van der Waals surface area contributed by atoms with Gasteiger partial charge in [-0.3, -0.25) is 9.78 Å². The molecule has 0 spiro atoms. The number of nitrogens with zero attached hydrogens (tertiary/aromatic N) is 1. The number of hydrogen-bond donors (Lipinski definition) is 3. The first kappa shape index (κ1) is 8.73. The Morgan fingerprint density at radius 2 is 2.33 bits per heavy atom. The van der Waals surface area contributed by atoms with Gasteiger partial charge in [0.1, 0.15) is 0 Å². The Morgan fingerprint density at radius 3 is 2.92 bits per heavy atom. The summed E-state index contributed by atoms with van der Waals surface area (Å²) in [6, 6.07) is 1.44. The van der Waals surface area contributed by atoms with E-state index in [1.54, 1.807) is 0 Å². The first-order valence-corrected chi connectivity index (χ1v) is 3.78. The van der Waals surface area contributed by atoms with Crippen LogP contribution >= 0.6 is 0 Å². The molecule has 0 unspecified atom stereocenters. The maximum Gasteiger partial charge on any atom is 0.252 e. The topological polar surface area (TPSA) is 97.8 Å². The summed E-state index contributed by atoms with van der Waals surface area (Å²) in [6.07, 6.45) is 1.51. The van der Waals surface area contributed by atoms with Crippen LogP contribution in [0, 0.1) is 0 Å². The van der Waals surface area contributed by atoms with Crippen LogP contribution < -0.4 is 17.0 Å². The van der Waals surface area contributed by atoms with Crippen LogP contribution in [0.2, 0.25) is 0 Å². The van der Waals surface area contributed by atoms with E-state index < -0.39 is 0 Å². The highest BCUT2D eigenvalue weighted by Crippen LogP contribution is 1.96. The number of nitrogen functional groups attached to an aromatic ring is 1. The summed E-state index contributed by atoms with van der Waals surface area (Å²) in [5, 5.41) is 0. The summed E-state index contributed by atoms with van der Waals surface area (Å²) in [5.74, 6) is 0.162. The molecule has 0 saturated heterocycles. The number of aromatic nitrogens is 2. The van der Waals surface area contributed by atoms with Crippen LogP contribution in [0.25, 0.3) is 0 Å². The van der Waals surface area contributed by atoms with E-state index in [0.29, 0.717) is 18.7 Å². The number of nitrogens with one attached hydrogen (secondary N) is 1. The van der Waals surface area contributed by atoms with Crippen LogP contribution in [0.3, 0.4) is 0 Å².